The van der Waals surface area contributed by atoms with Gasteiger partial charge in [-0.3, -0.25) is 9.59 Å². The molecule has 0 aliphatic carbocycles. The topological polar surface area (TPSA) is 67.9 Å². The van der Waals surface area contributed by atoms with Gasteiger partial charge in [-0.15, -0.1) is 0 Å². The van der Waals surface area contributed by atoms with Crippen LogP contribution >= 0.6 is 0 Å². The third kappa shape index (κ3) is 4.57. The molecule has 170 valence electrons. The number of ether oxygens (including phenoxy) is 2. The second-order valence-electron chi connectivity index (χ2n) is 8.23. The maximum absolute atomic E-state index is 12.8. The molecule has 34 heavy (non-hydrogen) atoms. The highest BCUT2D eigenvalue weighted by Gasteiger charge is 2.35. The fourth-order valence-corrected chi connectivity index (χ4v) is 4.13. The smallest absolute Gasteiger partial charge is 0.229 e. The summed E-state index contributed by atoms with van der Waals surface area (Å²) in [4.78, 5) is 27.0. The maximum atomic E-state index is 12.8. The number of anilines is 2. The van der Waals surface area contributed by atoms with E-state index in [1.54, 1.807) is 30.2 Å². The molecular weight excluding hydrogens is 428 g/mol. The monoisotopic (exact) mass is 452 g/mol. The third-order valence-electron chi connectivity index (χ3n) is 5.94. The minimum absolute atomic E-state index is 0.0764. The molecule has 0 bridgehead atoms. The van der Waals surface area contributed by atoms with Gasteiger partial charge >= 0.3 is 0 Å². The molecule has 1 N–H and O–H groups in total. The van der Waals surface area contributed by atoms with Gasteiger partial charge in [-0.2, -0.15) is 0 Å². The molecule has 1 heterocycles. The number of carbonyl (C=O) groups is 2. The molecule has 0 aromatic heterocycles. The van der Waals surface area contributed by atoms with Gasteiger partial charge in [-0.25, -0.2) is 0 Å². The van der Waals surface area contributed by atoms with Gasteiger partial charge in [0.25, 0.3) is 0 Å². The van der Waals surface area contributed by atoms with Crippen LogP contribution < -0.4 is 19.7 Å². The summed E-state index contributed by atoms with van der Waals surface area (Å²) in [5.74, 6) is 1.41. The normalized spacial score (nSPS) is 15.4. The zero-order chi connectivity index (χ0) is 23.5. The number of amides is 2. The van der Waals surface area contributed by atoms with Crippen LogP contribution in [0.1, 0.15) is 6.42 Å². The van der Waals surface area contributed by atoms with E-state index in [-0.39, 0.29) is 18.2 Å². The van der Waals surface area contributed by atoms with E-state index in [2.05, 4.69) is 11.4 Å². The van der Waals surface area contributed by atoms with E-state index < -0.39 is 5.92 Å². The Labute approximate surface area is 197 Å². The Balaban J connectivity index is 1.21. The first-order valence-electron chi connectivity index (χ1n) is 11.1. The molecule has 6 heteroatoms. The summed E-state index contributed by atoms with van der Waals surface area (Å²) in [5.41, 5.74) is 1.39. The highest BCUT2D eigenvalue weighted by Crippen LogP contribution is 2.30. The van der Waals surface area contributed by atoms with Crippen LogP contribution in [0.15, 0.2) is 91.0 Å². The predicted molar refractivity (Wildman–Crippen MR) is 133 cm³/mol. The standard InChI is InChI=1S/C28H24N2O4/c1-33-25-8-4-7-23(17-25)30-18-21(16-27(30)31)28(32)29-22-10-13-24(14-11-22)34-26-12-9-19-5-2-3-6-20(19)15-26/h2-15,17,21H,16,18H2,1H3,(H,29,32)/t21-/m0/s1. The van der Waals surface area contributed by atoms with Crippen molar-refractivity contribution >= 4 is 34.0 Å². The lowest BCUT2D eigenvalue weighted by Crippen LogP contribution is -2.28. The van der Waals surface area contributed by atoms with Crippen LogP contribution in [-0.2, 0) is 9.59 Å². The fraction of sp³-hybridized carbons (Fsp3) is 0.143. The summed E-state index contributed by atoms with van der Waals surface area (Å²) in [6.45, 7) is 0.334. The van der Waals surface area contributed by atoms with Gasteiger partial charge in [0.15, 0.2) is 0 Å². The van der Waals surface area contributed by atoms with Crippen molar-refractivity contribution in [3.05, 3.63) is 91.0 Å². The van der Waals surface area contributed by atoms with E-state index in [0.717, 1.165) is 22.2 Å². The van der Waals surface area contributed by atoms with Gasteiger partial charge in [-0.05, 0) is 59.3 Å². The van der Waals surface area contributed by atoms with Gasteiger partial charge in [0.2, 0.25) is 11.8 Å². The van der Waals surface area contributed by atoms with Crippen molar-refractivity contribution in [2.24, 2.45) is 5.92 Å². The lowest BCUT2D eigenvalue weighted by Gasteiger charge is -2.17. The third-order valence-corrected chi connectivity index (χ3v) is 5.94. The highest BCUT2D eigenvalue weighted by molar-refractivity contribution is 6.03. The first-order valence-corrected chi connectivity index (χ1v) is 11.1. The predicted octanol–water partition coefficient (Wildman–Crippen LogP) is 5.63. The van der Waals surface area contributed by atoms with Crippen LogP contribution in [0.2, 0.25) is 0 Å². The minimum atomic E-state index is -0.424. The Morgan fingerprint density at radius 3 is 2.41 bits per heavy atom. The Bertz CT molecular complexity index is 1350. The Hall–Kier alpha value is -4.32. The van der Waals surface area contributed by atoms with Crippen molar-refractivity contribution < 1.29 is 19.1 Å². The molecular formula is C28H24N2O4. The summed E-state index contributed by atoms with van der Waals surface area (Å²) in [5, 5.41) is 5.18. The van der Waals surface area contributed by atoms with Gasteiger partial charge in [0.05, 0.1) is 13.0 Å². The molecule has 0 radical (unpaired) electrons. The van der Waals surface area contributed by atoms with Crippen molar-refractivity contribution in [3.63, 3.8) is 0 Å². The van der Waals surface area contributed by atoms with E-state index in [1.807, 2.05) is 66.7 Å². The number of rotatable bonds is 6. The summed E-state index contributed by atoms with van der Waals surface area (Å²) in [6.07, 6.45) is 0.173. The number of carbonyl (C=O) groups excluding carboxylic acids is 2. The lowest BCUT2D eigenvalue weighted by atomic mass is 10.1. The molecule has 1 aliphatic heterocycles. The van der Waals surface area contributed by atoms with Gasteiger partial charge in [-0.1, -0.05) is 36.4 Å². The van der Waals surface area contributed by atoms with Crippen molar-refractivity contribution in [1.82, 2.24) is 0 Å². The molecule has 4 aromatic carbocycles. The number of fused-ring (bicyclic) bond motifs is 1. The molecule has 6 nitrogen and oxygen atoms in total. The van der Waals surface area contributed by atoms with Crippen molar-refractivity contribution in [2.45, 2.75) is 6.42 Å². The Kier molecular flexibility index (Phi) is 5.87. The zero-order valence-electron chi connectivity index (χ0n) is 18.7. The van der Waals surface area contributed by atoms with Gasteiger partial charge in [0.1, 0.15) is 17.2 Å². The quantitative estimate of drug-likeness (QED) is 0.412. The van der Waals surface area contributed by atoms with Crippen LogP contribution in [0.4, 0.5) is 11.4 Å². The second kappa shape index (κ2) is 9.27. The van der Waals surface area contributed by atoms with E-state index in [1.165, 1.54) is 0 Å². The average molecular weight is 453 g/mol. The van der Waals surface area contributed by atoms with Crippen LogP contribution in [0, 0.1) is 5.92 Å². The maximum Gasteiger partial charge on any atom is 0.229 e. The molecule has 4 aromatic rings. The number of nitrogens with zero attached hydrogens (tertiary/aromatic N) is 1. The van der Waals surface area contributed by atoms with Crippen LogP contribution in [0.25, 0.3) is 10.8 Å². The summed E-state index contributed by atoms with van der Waals surface area (Å²) in [7, 11) is 1.58. The highest BCUT2D eigenvalue weighted by atomic mass is 16.5. The zero-order valence-corrected chi connectivity index (χ0v) is 18.7. The lowest BCUT2D eigenvalue weighted by molar-refractivity contribution is -0.122. The molecule has 5 rings (SSSR count). The number of hydrogen-bond donors (Lipinski definition) is 1. The largest absolute Gasteiger partial charge is 0.497 e. The molecule has 1 fully saturated rings. The van der Waals surface area contributed by atoms with Crippen LogP contribution in [0.5, 0.6) is 17.2 Å². The number of nitrogens with one attached hydrogen (secondary N) is 1. The van der Waals surface area contributed by atoms with Crippen LogP contribution in [-0.4, -0.2) is 25.5 Å². The van der Waals surface area contributed by atoms with Crippen molar-refractivity contribution in [3.8, 4) is 17.2 Å². The SMILES string of the molecule is COc1cccc(N2C[C@@H](C(=O)Nc3ccc(Oc4ccc5ccccc5c4)cc3)CC2=O)c1. The van der Waals surface area contributed by atoms with Gasteiger partial charge < -0.3 is 19.7 Å². The number of benzene rings is 4. The van der Waals surface area contributed by atoms with E-state index in [4.69, 9.17) is 9.47 Å². The molecule has 1 atom stereocenters. The Morgan fingerprint density at radius 2 is 1.62 bits per heavy atom. The van der Waals surface area contributed by atoms with Gasteiger partial charge in [0, 0.05) is 30.4 Å². The van der Waals surface area contributed by atoms with E-state index in [9.17, 15) is 9.59 Å². The van der Waals surface area contributed by atoms with E-state index >= 15 is 0 Å². The Morgan fingerprint density at radius 1 is 0.853 bits per heavy atom. The minimum Gasteiger partial charge on any atom is -0.497 e. The molecule has 1 saturated heterocycles. The molecule has 1 aliphatic rings. The molecule has 0 spiro atoms. The summed E-state index contributed by atoms with van der Waals surface area (Å²) >= 11 is 0. The second-order valence-corrected chi connectivity index (χ2v) is 8.23. The first kappa shape index (κ1) is 21.5. The van der Waals surface area contributed by atoms with E-state index in [0.29, 0.717) is 23.7 Å². The molecule has 0 saturated carbocycles. The molecule has 2 amide bonds. The fourth-order valence-electron chi connectivity index (χ4n) is 4.13. The number of hydrogen-bond acceptors (Lipinski definition) is 4. The number of methoxy groups -OCH3 is 1. The van der Waals surface area contributed by atoms with Crippen molar-refractivity contribution in [2.75, 3.05) is 23.9 Å². The first-order chi connectivity index (χ1) is 16.6. The van der Waals surface area contributed by atoms with Crippen molar-refractivity contribution in [1.29, 1.82) is 0 Å². The van der Waals surface area contributed by atoms with Crippen LogP contribution in [0.3, 0.4) is 0 Å². The summed E-state index contributed by atoms with van der Waals surface area (Å²) in [6, 6.07) is 28.6. The average Bonchev–Trinajstić information content (AvgIpc) is 3.27. The summed E-state index contributed by atoms with van der Waals surface area (Å²) < 4.78 is 11.2. The molecule has 0 unspecified atom stereocenters.